The van der Waals surface area contributed by atoms with Crippen LogP contribution in [0.5, 0.6) is 5.75 Å². The van der Waals surface area contributed by atoms with Crippen molar-refractivity contribution < 1.29 is 9.53 Å². The number of carbonyl (C=O) groups is 1. The average molecular weight is 575 g/mol. The zero-order valence-corrected chi connectivity index (χ0v) is 21.0. The summed E-state index contributed by atoms with van der Waals surface area (Å²) >= 11 is 3.48. The van der Waals surface area contributed by atoms with Crippen LogP contribution in [-0.4, -0.2) is 44.5 Å². The Morgan fingerprint density at radius 1 is 1.21 bits per heavy atom. The molecule has 6 nitrogen and oxygen atoms in total. The van der Waals surface area contributed by atoms with Gasteiger partial charge in [0.05, 0.1) is 26.2 Å². The van der Waals surface area contributed by atoms with E-state index in [1.165, 1.54) is 0 Å². The van der Waals surface area contributed by atoms with Crippen LogP contribution in [0.2, 0.25) is 0 Å². The summed E-state index contributed by atoms with van der Waals surface area (Å²) in [6.07, 6.45) is 0. The van der Waals surface area contributed by atoms with E-state index in [1.807, 2.05) is 36.4 Å². The Balaban J connectivity index is 0.00000420. The Morgan fingerprint density at radius 2 is 1.90 bits per heavy atom. The van der Waals surface area contributed by atoms with Crippen molar-refractivity contribution >= 4 is 51.8 Å². The van der Waals surface area contributed by atoms with Gasteiger partial charge in [0.25, 0.3) is 0 Å². The molecule has 8 heteroatoms. The molecule has 158 valence electrons. The molecule has 29 heavy (non-hydrogen) atoms. The van der Waals surface area contributed by atoms with Crippen molar-refractivity contribution in [2.75, 3.05) is 27.7 Å². The summed E-state index contributed by atoms with van der Waals surface area (Å²) in [4.78, 5) is 18.2. The van der Waals surface area contributed by atoms with Crippen molar-refractivity contribution in [2.24, 2.45) is 4.99 Å². The summed E-state index contributed by atoms with van der Waals surface area (Å²) in [6.45, 7) is 2.63. The van der Waals surface area contributed by atoms with E-state index in [-0.39, 0.29) is 42.5 Å². The third-order valence-corrected chi connectivity index (χ3v) is 4.70. The van der Waals surface area contributed by atoms with Crippen molar-refractivity contribution in [3.63, 3.8) is 0 Å². The quantitative estimate of drug-likeness (QED) is 0.298. The third kappa shape index (κ3) is 8.22. The minimum atomic E-state index is -0.0260. The molecule has 1 amide bonds. The minimum Gasteiger partial charge on any atom is -0.496 e. The lowest BCUT2D eigenvalue weighted by atomic mass is 10.1. The molecular weight excluding hydrogens is 547 g/mol. The zero-order chi connectivity index (χ0) is 20.5. The molecule has 0 aromatic heterocycles. The van der Waals surface area contributed by atoms with Gasteiger partial charge in [-0.25, -0.2) is 4.99 Å². The van der Waals surface area contributed by atoms with Gasteiger partial charge in [-0.2, -0.15) is 0 Å². The molecule has 0 spiro atoms. The first-order valence-corrected chi connectivity index (χ1v) is 9.82. The smallest absolute Gasteiger partial charge is 0.241 e. The van der Waals surface area contributed by atoms with Crippen LogP contribution in [0, 0.1) is 0 Å². The highest BCUT2D eigenvalue weighted by atomic mass is 127. The van der Waals surface area contributed by atoms with Crippen LogP contribution in [-0.2, 0) is 11.3 Å². The zero-order valence-electron chi connectivity index (χ0n) is 17.1. The average Bonchev–Trinajstić information content (AvgIpc) is 2.70. The summed E-state index contributed by atoms with van der Waals surface area (Å²) in [5.74, 6) is 1.31. The van der Waals surface area contributed by atoms with Crippen LogP contribution in [0.1, 0.15) is 24.1 Å². The monoisotopic (exact) mass is 574 g/mol. The molecule has 0 radical (unpaired) electrons. The van der Waals surface area contributed by atoms with E-state index in [4.69, 9.17) is 4.74 Å². The summed E-state index contributed by atoms with van der Waals surface area (Å²) < 4.78 is 6.38. The normalized spacial score (nSPS) is 11.8. The summed E-state index contributed by atoms with van der Waals surface area (Å²) in [6, 6.07) is 15.9. The van der Waals surface area contributed by atoms with Gasteiger partial charge in [-0.1, -0.05) is 46.3 Å². The number of nitrogens with one attached hydrogen (secondary N) is 2. The van der Waals surface area contributed by atoms with Gasteiger partial charge in [-0.05, 0) is 30.7 Å². The van der Waals surface area contributed by atoms with Crippen molar-refractivity contribution in [3.05, 3.63) is 64.1 Å². The number of methoxy groups -OCH3 is 1. The minimum absolute atomic E-state index is 0. The van der Waals surface area contributed by atoms with Crippen LogP contribution in [0.15, 0.2) is 58.0 Å². The number of ether oxygens (including phenoxy) is 1. The number of hydrogen-bond acceptors (Lipinski definition) is 3. The van der Waals surface area contributed by atoms with Crippen molar-refractivity contribution in [2.45, 2.75) is 19.5 Å². The molecule has 0 saturated heterocycles. The van der Waals surface area contributed by atoms with Gasteiger partial charge in [0.1, 0.15) is 5.75 Å². The number of aliphatic imine (C=N–C) groups is 1. The van der Waals surface area contributed by atoms with Crippen molar-refractivity contribution in [1.82, 2.24) is 15.5 Å². The summed E-state index contributed by atoms with van der Waals surface area (Å²) in [5, 5.41) is 6.48. The van der Waals surface area contributed by atoms with E-state index >= 15 is 0 Å². The predicted molar refractivity (Wildman–Crippen MR) is 132 cm³/mol. The van der Waals surface area contributed by atoms with Gasteiger partial charge in [0.2, 0.25) is 5.91 Å². The van der Waals surface area contributed by atoms with Crippen LogP contribution >= 0.6 is 39.9 Å². The van der Waals surface area contributed by atoms with Gasteiger partial charge in [-0.3, -0.25) is 4.79 Å². The van der Waals surface area contributed by atoms with Crippen LogP contribution < -0.4 is 15.4 Å². The number of nitrogens with zero attached hydrogens (tertiary/aromatic N) is 2. The van der Waals surface area contributed by atoms with Crippen LogP contribution in [0.4, 0.5) is 0 Å². The highest BCUT2D eigenvalue weighted by molar-refractivity contribution is 14.0. The van der Waals surface area contributed by atoms with Crippen molar-refractivity contribution in [1.29, 1.82) is 0 Å². The number of benzene rings is 2. The standard InChI is InChI=1S/C21H27BrN4O2.HI/c1-15(16-8-6-5-7-9-16)25-21(24-14-20(27)26(2)3)23-13-17-12-18(22)10-11-19(17)28-4;/h5-12,15H,13-14H2,1-4H3,(H2,23,24,25);1H. The lowest BCUT2D eigenvalue weighted by molar-refractivity contribution is -0.127. The fourth-order valence-electron chi connectivity index (χ4n) is 2.54. The predicted octanol–water partition coefficient (Wildman–Crippen LogP) is 3.96. The van der Waals surface area contributed by atoms with E-state index in [0.717, 1.165) is 21.3 Å². The Labute approximate surface area is 198 Å². The molecular formula is C21H28BrIN4O2. The first kappa shape index (κ1) is 25.2. The maximum atomic E-state index is 12.0. The molecule has 0 aliphatic carbocycles. The summed E-state index contributed by atoms with van der Waals surface area (Å²) in [5.41, 5.74) is 2.08. The van der Waals surface area contributed by atoms with E-state index in [0.29, 0.717) is 12.5 Å². The Hall–Kier alpha value is -1.81. The Kier molecular flexibility index (Phi) is 11.0. The van der Waals surface area contributed by atoms with Gasteiger partial charge in [0.15, 0.2) is 5.96 Å². The molecule has 0 bridgehead atoms. The van der Waals surface area contributed by atoms with Crippen molar-refractivity contribution in [3.8, 4) is 5.75 Å². The van der Waals surface area contributed by atoms with E-state index in [2.05, 4.69) is 50.6 Å². The topological polar surface area (TPSA) is 66.0 Å². The Bertz CT molecular complexity index is 816. The van der Waals surface area contributed by atoms with Gasteiger partial charge in [0, 0.05) is 24.1 Å². The number of carbonyl (C=O) groups excluding carboxylic acids is 1. The number of amides is 1. The highest BCUT2D eigenvalue weighted by Gasteiger charge is 2.11. The highest BCUT2D eigenvalue weighted by Crippen LogP contribution is 2.23. The fourth-order valence-corrected chi connectivity index (χ4v) is 2.94. The number of hydrogen-bond donors (Lipinski definition) is 2. The molecule has 0 fully saturated rings. The fraction of sp³-hybridized carbons (Fsp3) is 0.333. The number of guanidine groups is 1. The molecule has 2 aromatic carbocycles. The van der Waals surface area contributed by atoms with E-state index in [1.54, 1.807) is 26.1 Å². The second kappa shape index (κ2) is 12.7. The molecule has 0 heterocycles. The number of rotatable bonds is 7. The van der Waals surface area contributed by atoms with E-state index in [9.17, 15) is 4.79 Å². The Morgan fingerprint density at radius 3 is 2.52 bits per heavy atom. The SMILES string of the molecule is COc1ccc(Br)cc1CN=C(NCC(=O)N(C)C)NC(C)c1ccccc1.I. The second-order valence-electron chi connectivity index (χ2n) is 6.54. The molecule has 1 unspecified atom stereocenters. The van der Waals surface area contributed by atoms with Gasteiger partial charge < -0.3 is 20.3 Å². The molecule has 2 aromatic rings. The lowest BCUT2D eigenvalue weighted by Crippen LogP contribution is -2.43. The number of likely N-dealkylation sites (N-methyl/N-ethyl adjacent to an activating group) is 1. The maximum absolute atomic E-state index is 12.0. The lowest BCUT2D eigenvalue weighted by Gasteiger charge is -2.20. The van der Waals surface area contributed by atoms with Crippen LogP contribution in [0.3, 0.4) is 0 Å². The van der Waals surface area contributed by atoms with Gasteiger partial charge in [-0.15, -0.1) is 24.0 Å². The van der Waals surface area contributed by atoms with Crippen LogP contribution in [0.25, 0.3) is 0 Å². The number of halogens is 2. The first-order valence-electron chi connectivity index (χ1n) is 9.03. The largest absolute Gasteiger partial charge is 0.496 e. The molecule has 0 aliphatic heterocycles. The molecule has 0 aliphatic rings. The molecule has 1 atom stereocenters. The molecule has 0 saturated carbocycles. The molecule has 2 rings (SSSR count). The third-order valence-electron chi connectivity index (χ3n) is 4.21. The molecule has 2 N–H and O–H groups in total. The van der Waals surface area contributed by atoms with Gasteiger partial charge >= 0.3 is 0 Å². The maximum Gasteiger partial charge on any atom is 0.241 e. The second-order valence-corrected chi connectivity index (χ2v) is 7.46. The summed E-state index contributed by atoms with van der Waals surface area (Å²) in [7, 11) is 5.10. The first-order chi connectivity index (χ1) is 13.4. The van der Waals surface area contributed by atoms with E-state index < -0.39 is 0 Å².